The van der Waals surface area contributed by atoms with Gasteiger partial charge < -0.3 is 24.5 Å². The number of hydrogen-bond donors (Lipinski definition) is 4. The fraction of sp³-hybridized carbons (Fsp3) is 0.556. The molecule has 4 N–H and O–H groups in total. The van der Waals surface area contributed by atoms with Crippen LogP contribution in [0.3, 0.4) is 0 Å². The third kappa shape index (κ3) is 6.76. The number of rotatable bonds is 7. The first-order valence-electron chi connectivity index (χ1n) is 4.56. The van der Waals surface area contributed by atoms with Crippen LogP contribution in [0.15, 0.2) is 12.3 Å². The lowest BCUT2D eigenvalue weighted by atomic mass is 10.0. The second-order valence-electron chi connectivity index (χ2n) is 3.58. The van der Waals surface area contributed by atoms with Crippen LogP contribution in [0.4, 0.5) is 0 Å². The number of aliphatic hydroxyl groups excluding tert-OH is 2. The van der Waals surface area contributed by atoms with E-state index in [2.05, 4.69) is 17.4 Å². The fourth-order valence-corrected chi connectivity index (χ4v) is 1.33. The molecule has 94 valence electrons. The van der Waals surface area contributed by atoms with Crippen molar-refractivity contribution in [1.29, 1.82) is 0 Å². The molecular weight excluding hydrogens is 235 g/mol. The van der Waals surface area contributed by atoms with Crippen molar-refractivity contribution in [3.05, 3.63) is 12.3 Å². The fourth-order valence-electron chi connectivity index (χ4n) is 0.857. The zero-order valence-corrected chi connectivity index (χ0v) is 9.93. The van der Waals surface area contributed by atoms with Gasteiger partial charge in [0.1, 0.15) is 0 Å². The Morgan fingerprint density at radius 1 is 1.50 bits per heavy atom. The topological polar surface area (TPSA) is 107 Å². The summed E-state index contributed by atoms with van der Waals surface area (Å²) in [6.45, 7) is 4.45. The van der Waals surface area contributed by atoms with E-state index in [4.69, 9.17) is 14.9 Å². The van der Waals surface area contributed by atoms with Crippen molar-refractivity contribution >= 4 is 19.6 Å². The molecule has 0 saturated heterocycles. The van der Waals surface area contributed by atoms with Crippen molar-refractivity contribution in [2.45, 2.75) is 19.4 Å². The summed E-state index contributed by atoms with van der Waals surface area (Å²) in [7, 11) is -3.58. The summed E-state index contributed by atoms with van der Waals surface area (Å²) in [5, 5.41) is 18.2. The molecule has 0 aromatic rings. The number of aliphatic hydroxyl groups is 2. The molecule has 0 heterocycles. The van der Waals surface area contributed by atoms with Gasteiger partial charge in [-0.25, -0.2) is 0 Å². The summed E-state index contributed by atoms with van der Waals surface area (Å²) in [6.07, 6.45) is 1.64. The van der Waals surface area contributed by atoms with E-state index in [0.29, 0.717) is 0 Å². The molecule has 0 saturated carbocycles. The molecule has 0 aliphatic rings. The number of ketones is 1. The average Bonchev–Trinajstić information content (AvgIpc) is 2.12. The molecule has 0 aliphatic heterocycles. The lowest BCUT2D eigenvalue weighted by molar-refractivity contribution is -0.120. The van der Waals surface area contributed by atoms with Crippen LogP contribution in [0.2, 0.25) is 0 Å². The third-order valence-corrected chi connectivity index (χ3v) is 2.48. The largest absolute Gasteiger partial charge is 0.505 e. The van der Waals surface area contributed by atoms with Crippen molar-refractivity contribution in [1.82, 2.24) is 0 Å². The Labute approximate surface area is 94.0 Å². The van der Waals surface area contributed by atoms with Crippen molar-refractivity contribution in [3.8, 4) is 0 Å². The minimum Gasteiger partial charge on any atom is -0.505 e. The van der Waals surface area contributed by atoms with Gasteiger partial charge >= 0.3 is 0 Å². The van der Waals surface area contributed by atoms with Crippen molar-refractivity contribution < 1.29 is 29.3 Å². The van der Waals surface area contributed by atoms with Crippen LogP contribution in [0, 0.1) is 5.92 Å². The Morgan fingerprint density at radius 3 is 2.38 bits per heavy atom. The van der Waals surface area contributed by atoms with Gasteiger partial charge in [0.15, 0.2) is 11.5 Å². The maximum atomic E-state index is 11.0. The van der Waals surface area contributed by atoms with E-state index in [1.807, 2.05) is 0 Å². The molecule has 0 aliphatic carbocycles. The number of Topliss-reactive ketones (excluding diaryl/α,β-unsaturated/α-hetero) is 1. The first-order chi connectivity index (χ1) is 7.13. The summed E-state index contributed by atoms with van der Waals surface area (Å²) in [6, 6.07) is 0. The first kappa shape index (κ1) is 15.3. The maximum absolute atomic E-state index is 11.0. The summed E-state index contributed by atoms with van der Waals surface area (Å²) in [4.78, 5) is 28.7. The van der Waals surface area contributed by atoms with E-state index in [-0.39, 0.29) is 13.0 Å². The van der Waals surface area contributed by atoms with Crippen LogP contribution in [-0.4, -0.2) is 44.8 Å². The average molecular weight is 252 g/mol. The van der Waals surface area contributed by atoms with Crippen molar-refractivity contribution in [3.63, 3.8) is 0 Å². The van der Waals surface area contributed by atoms with E-state index in [1.54, 1.807) is 6.92 Å². The Balaban J connectivity index is 4.09. The number of carbonyl (C=O) groups is 1. The van der Waals surface area contributed by atoms with Crippen LogP contribution >= 0.6 is 7.57 Å². The van der Waals surface area contributed by atoms with Gasteiger partial charge in [0.05, 0.1) is 12.7 Å². The molecule has 2 atom stereocenters. The van der Waals surface area contributed by atoms with E-state index in [9.17, 15) is 9.90 Å². The van der Waals surface area contributed by atoms with Crippen LogP contribution in [-0.2, 0) is 9.32 Å². The monoisotopic (exact) mass is 252 g/mol. The van der Waals surface area contributed by atoms with E-state index >= 15 is 0 Å². The van der Waals surface area contributed by atoms with Crippen molar-refractivity contribution in [2.75, 3.05) is 6.61 Å². The minimum atomic E-state index is -3.58. The van der Waals surface area contributed by atoms with Gasteiger partial charge in [0.2, 0.25) is 7.57 Å². The van der Waals surface area contributed by atoms with E-state index in [0.717, 1.165) is 0 Å². The third-order valence-electron chi connectivity index (χ3n) is 1.92. The molecule has 0 aromatic carbocycles. The van der Waals surface area contributed by atoms with Gasteiger partial charge in [0.25, 0.3) is 0 Å². The molecule has 0 spiro atoms. The molecule has 7 heteroatoms. The first-order valence-corrected chi connectivity index (χ1v) is 6.36. The summed E-state index contributed by atoms with van der Waals surface area (Å²) in [5.74, 6) is -1.78. The molecule has 0 rings (SSSR count). The molecule has 16 heavy (non-hydrogen) atoms. The van der Waals surface area contributed by atoms with Gasteiger partial charge in [-0.1, -0.05) is 13.5 Å². The predicted molar refractivity (Wildman–Crippen MR) is 61.0 cm³/mol. The second kappa shape index (κ2) is 6.18. The lowest BCUT2D eigenvalue weighted by Crippen LogP contribution is -2.25. The molecular formula is C9H17O6P. The van der Waals surface area contributed by atoms with Gasteiger partial charge in [-0.15, -0.1) is 0 Å². The normalized spacial score (nSPS) is 15.5. The Kier molecular flexibility index (Phi) is 5.92. The Morgan fingerprint density at radius 2 is 2.00 bits per heavy atom. The highest BCUT2D eigenvalue weighted by atomic mass is 31.2. The standard InChI is InChI=1S/C9H17O6P/c1-6(5-15-16(3,13)14)8(11)4-9(12)7(2)10/h6,8,10-11,13-14H,2-5H2,1H3/t6-,8-/m0/s1. The van der Waals surface area contributed by atoms with E-state index < -0.39 is 31.1 Å². The Hall–Kier alpha value is -0.650. The highest BCUT2D eigenvalue weighted by Crippen LogP contribution is 2.35. The number of hydrogen-bond acceptors (Lipinski definition) is 6. The quantitative estimate of drug-likeness (QED) is 0.293. The zero-order chi connectivity index (χ0) is 12.9. The summed E-state index contributed by atoms with van der Waals surface area (Å²) >= 11 is 0. The predicted octanol–water partition coefficient (Wildman–Crippen LogP) is 0.210. The molecule has 6 nitrogen and oxygen atoms in total. The number of carbonyl (C=O) groups excluding carboxylic acids is 1. The summed E-state index contributed by atoms with van der Waals surface area (Å²) < 4.78 is 4.61. The van der Waals surface area contributed by atoms with Gasteiger partial charge in [-0.05, 0) is 6.30 Å². The van der Waals surface area contributed by atoms with Crippen molar-refractivity contribution in [2.24, 2.45) is 5.92 Å². The molecule has 0 amide bonds. The van der Waals surface area contributed by atoms with Crippen LogP contribution in [0.25, 0.3) is 0 Å². The molecule has 0 bridgehead atoms. The molecule has 0 fully saturated rings. The van der Waals surface area contributed by atoms with Gasteiger partial charge in [0, 0.05) is 12.3 Å². The van der Waals surface area contributed by atoms with Gasteiger partial charge in [-0.3, -0.25) is 4.79 Å². The highest BCUT2D eigenvalue weighted by Gasteiger charge is 2.21. The lowest BCUT2D eigenvalue weighted by Gasteiger charge is -2.19. The summed E-state index contributed by atoms with van der Waals surface area (Å²) in [5.41, 5.74) is 0. The maximum Gasteiger partial charge on any atom is 0.245 e. The van der Waals surface area contributed by atoms with E-state index in [1.165, 1.54) is 0 Å². The molecule has 0 aromatic heterocycles. The second-order valence-corrected chi connectivity index (χ2v) is 5.17. The number of allylic oxidation sites excluding steroid dienone is 1. The van der Waals surface area contributed by atoms with Crippen LogP contribution in [0.5, 0.6) is 0 Å². The Bertz CT molecular complexity index is 307. The minimum absolute atomic E-state index is 0.142. The van der Waals surface area contributed by atoms with Crippen LogP contribution < -0.4 is 0 Å². The highest BCUT2D eigenvalue weighted by molar-refractivity contribution is 7.57. The van der Waals surface area contributed by atoms with Crippen LogP contribution in [0.1, 0.15) is 13.3 Å². The van der Waals surface area contributed by atoms with Gasteiger partial charge in [-0.2, -0.15) is 0 Å². The SMILES string of the molecule is C=C(O)C(=O)C[C@H](O)[C@@H](C)COP(=C)(O)O. The smallest absolute Gasteiger partial charge is 0.245 e. The molecule has 0 radical (unpaired) electrons. The zero-order valence-electron chi connectivity index (χ0n) is 9.04. The molecule has 0 unspecified atom stereocenters.